The second-order valence-corrected chi connectivity index (χ2v) is 6.28. The number of aromatic nitrogens is 2. The average molecular weight is 264 g/mol. The van der Waals surface area contributed by atoms with Gasteiger partial charge in [0.15, 0.2) is 0 Å². The molecule has 1 aliphatic heterocycles. The Morgan fingerprint density at radius 3 is 2.79 bits per heavy atom. The summed E-state index contributed by atoms with van der Waals surface area (Å²) < 4.78 is 5.23. The third-order valence-electron chi connectivity index (χ3n) is 3.42. The molecule has 0 aliphatic carbocycles. The Bertz CT molecular complexity index is 442. The van der Waals surface area contributed by atoms with E-state index in [4.69, 9.17) is 10.5 Å². The number of ether oxygens (including phenoxy) is 1. The summed E-state index contributed by atoms with van der Waals surface area (Å²) in [5, 5.41) is 0. The first-order chi connectivity index (χ1) is 8.90. The zero-order chi connectivity index (χ0) is 14.0. The van der Waals surface area contributed by atoms with Gasteiger partial charge in [0.25, 0.3) is 0 Å². The molecule has 2 N–H and O–H groups in total. The maximum absolute atomic E-state index is 5.91. The van der Waals surface area contributed by atoms with Gasteiger partial charge in [0, 0.05) is 37.6 Å². The van der Waals surface area contributed by atoms with Gasteiger partial charge in [0.1, 0.15) is 17.5 Å². The van der Waals surface area contributed by atoms with E-state index < -0.39 is 0 Å². The normalized spacial score (nSPS) is 20.0. The van der Waals surface area contributed by atoms with Crippen molar-refractivity contribution in [2.75, 3.05) is 37.4 Å². The van der Waals surface area contributed by atoms with E-state index in [1.807, 2.05) is 6.07 Å². The van der Waals surface area contributed by atoms with E-state index in [0.29, 0.717) is 11.7 Å². The maximum atomic E-state index is 5.91. The summed E-state index contributed by atoms with van der Waals surface area (Å²) in [5.41, 5.74) is 5.83. The molecule has 1 aromatic heterocycles. The predicted molar refractivity (Wildman–Crippen MR) is 77.3 cm³/mol. The van der Waals surface area contributed by atoms with Gasteiger partial charge in [-0.25, -0.2) is 9.97 Å². The van der Waals surface area contributed by atoms with Crippen LogP contribution in [0.15, 0.2) is 6.07 Å². The first kappa shape index (κ1) is 14.1. The van der Waals surface area contributed by atoms with Crippen LogP contribution in [-0.2, 0) is 10.2 Å². The van der Waals surface area contributed by atoms with Gasteiger partial charge >= 0.3 is 0 Å². The monoisotopic (exact) mass is 264 g/mol. The lowest BCUT2D eigenvalue weighted by atomic mass is 9.96. The minimum Gasteiger partial charge on any atom is -0.384 e. The summed E-state index contributed by atoms with van der Waals surface area (Å²) in [6.07, 6.45) is 1.14. The fourth-order valence-electron chi connectivity index (χ4n) is 2.36. The highest BCUT2D eigenvalue weighted by Crippen LogP contribution is 2.26. The van der Waals surface area contributed by atoms with Gasteiger partial charge in [-0.2, -0.15) is 0 Å². The molecule has 0 bridgehead atoms. The molecule has 0 saturated carbocycles. The van der Waals surface area contributed by atoms with Gasteiger partial charge in [-0.15, -0.1) is 0 Å². The van der Waals surface area contributed by atoms with Crippen molar-refractivity contribution in [1.29, 1.82) is 0 Å². The van der Waals surface area contributed by atoms with Crippen molar-refractivity contribution >= 4 is 11.6 Å². The first-order valence-electron chi connectivity index (χ1n) is 6.79. The van der Waals surface area contributed by atoms with E-state index >= 15 is 0 Å². The fourth-order valence-corrected chi connectivity index (χ4v) is 2.36. The molecular weight excluding hydrogens is 240 g/mol. The van der Waals surface area contributed by atoms with Crippen LogP contribution >= 0.6 is 0 Å². The predicted octanol–water partition coefficient (Wildman–Crippen LogP) is 1.83. The van der Waals surface area contributed by atoms with Crippen LogP contribution in [0, 0.1) is 5.92 Å². The topological polar surface area (TPSA) is 64.3 Å². The number of nitrogens with two attached hydrogens (primary N) is 1. The summed E-state index contributed by atoms with van der Waals surface area (Å²) >= 11 is 0. The van der Waals surface area contributed by atoms with Crippen molar-refractivity contribution in [3.8, 4) is 0 Å². The Balaban J connectivity index is 2.19. The molecule has 2 heterocycles. The Kier molecular flexibility index (Phi) is 3.94. The maximum Gasteiger partial charge on any atom is 0.138 e. The lowest BCUT2D eigenvalue weighted by Crippen LogP contribution is -2.25. The van der Waals surface area contributed by atoms with Crippen LogP contribution in [0.5, 0.6) is 0 Å². The minimum absolute atomic E-state index is 0.0875. The molecule has 1 unspecified atom stereocenters. The van der Waals surface area contributed by atoms with Crippen molar-refractivity contribution in [3.05, 3.63) is 11.9 Å². The highest BCUT2D eigenvalue weighted by molar-refractivity contribution is 5.48. The van der Waals surface area contributed by atoms with Crippen LogP contribution in [0.4, 0.5) is 11.6 Å². The number of anilines is 2. The summed E-state index contributed by atoms with van der Waals surface area (Å²) in [4.78, 5) is 11.3. The number of methoxy groups -OCH3 is 1. The van der Waals surface area contributed by atoms with Crippen molar-refractivity contribution in [2.45, 2.75) is 32.6 Å². The minimum atomic E-state index is -0.0875. The van der Waals surface area contributed by atoms with Crippen molar-refractivity contribution < 1.29 is 4.74 Å². The van der Waals surface area contributed by atoms with Crippen molar-refractivity contribution in [2.24, 2.45) is 5.92 Å². The summed E-state index contributed by atoms with van der Waals surface area (Å²) in [7, 11) is 1.75. The van der Waals surface area contributed by atoms with Crippen molar-refractivity contribution in [3.63, 3.8) is 0 Å². The van der Waals surface area contributed by atoms with Gasteiger partial charge in [0.2, 0.25) is 0 Å². The van der Waals surface area contributed by atoms with Crippen LogP contribution in [0.25, 0.3) is 0 Å². The van der Waals surface area contributed by atoms with Gasteiger partial charge in [-0.1, -0.05) is 20.8 Å². The van der Waals surface area contributed by atoms with E-state index in [9.17, 15) is 0 Å². The number of hydrogen-bond acceptors (Lipinski definition) is 5. The molecule has 0 spiro atoms. The standard InChI is InChI=1S/C14H24N4O/c1-14(2,3)13-16-11(15)7-12(17-13)18-6-5-10(8-18)9-19-4/h7,10H,5-6,8-9H2,1-4H3,(H2,15,16,17). The van der Waals surface area contributed by atoms with Gasteiger partial charge in [0.05, 0.1) is 6.61 Å². The molecule has 0 aromatic carbocycles. The molecule has 5 heteroatoms. The zero-order valence-corrected chi connectivity index (χ0v) is 12.3. The molecule has 0 radical (unpaired) electrons. The number of nitrogen functional groups attached to an aromatic ring is 1. The van der Waals surface area contributed by atoms with E-state index in [2.05, 4.69) is 35.6 Å². The van der Waals surface area contributed by atoms with E-state index in [1.54, 1.807) is 7.11 Å². The van der Waals surface area contributed by atoms with Crippen LogP contribution in [0.2, 0.25) is 0 Å². The molecule has 1 aliphatic rings. The molecule has 2 rings (SSSR count). The summed E-state index contributed by atoms with van der Waals surface area (Å²) in [5.74, 6) is 2.87. The fraction of sp³-hybridized carbons (Fsp3) is 0.714. The molecule has 106 valence electrons. The van der Waals surface area contributed by atoms with Gasteiger partial charge in [-0.3, -0.25) is 0 Å². The van der Waals surface area contributed by atoms with Crippen LogP contribution in [-0.4, -0.2) is 36.8 Å². The Labute approximate surface area is 115 Å². The summed E-state index contributed by atoms with van der Waals surface area (Å²) in [6, 6.07) is 1.87. The van der Waals surface area contributed by atoms with Gasteiger partial charge in [-0.05, 0) is 6.42 Å². The molecule has 1 aromatic rings. The molecule has 1 atom stereocenters. The number of nitrogens with zero attached hydrogens (tertiary/aromatic N) is 3. The van der Waals surface area contributed by atoms with Gasteiger partial charge < -0.3 is 15.4 Å². The Morgan fingerprint density at radius 2 is 2.16 bits per heavy atom. The van der Waals surface area contributed by atoms with E-state index in [0.717, 1.165) is 37.8 Å². The SMILES string of the molecule is COCC1CCN(c2cc(N)nc(C(C)(C)C)n2)C1. The highest BCUT2D eigenvalue weighted by Gasteiger charge is 2.25. The quantitative estimate of drug-likeness (QED) is 0.902. The molecule has 1 fully saturated rings. The van der Waals surface area contributed by atoms with Crippen LogP contribution < -0.4 is 10.6 Å². The third kappa shape index (κ3) is 3.35. The van der Waals surface area contributed by atoms with E-state index in [-0.39, 0.29) is 5.41 Å². The number of rotatable bonds is 3. The van der Waals surface area contributed by atoms with E-state index in [1.165, 1.54) is 0 Å². The van der Waals surface area contributed by atoms with Crippen molar-refractivity contribution in [1.82, 2.24) is 9.97 Å². The molecule has 1 saturated heterocycles. The first-order valence-corrected chi connectivity index (χ1v) is 6.79. The lowest BCUT2D eigenvalue weighted by molar-refractivity contribution is 0.161. The van der Waals surface area contributed by atoms with Crippen LogP contribution in [0.1, 0.15) is 33.0 Å². The smallest absolute Gasteiger partial charge is 0.138 e. The highest BCUT2D eigenvalue weighted by atomic mass is 16.5. The Hall–Kier alpha value is -1.36. The second kappa shape index (κ2) is 5.33. The second-order valence-electron chi connectivity index (χ2n) is 6.28. The number of hydrogen-bond donors (Lipinski definition) is 1. The van der Waals surface area contributed by atoms with Crippen LogP contribution in [0.3, 0.4) is 0 Å². The molecule has 19 heavy (non-hydrogen) atoms. The molecular formula is C14H24N4O. The Morgan fingerprint density at radius 1 is 1.42 bits per heavy atom. The largest absolute Gasteiger partial charge is 0.384 e. The lowest BCUT2D eigenvalue weighted by Gasteiger charge is -2.22. The average Bonchev–Trinajstić information content (AvgIpc) is 2.76. The molecule has 0 amide bonds. The molecule has 5 nitrogen and oxygen atoms in total. The third-order valence-corrected chi connectivity index (χ3v) is 3.42. The zero-order valence-electron chi connectivity index (χ0n) is 12.3. The summed E-state index contributed by atoms with van der Waals surface area (Å²) in [6.45, 7) is 9.10.